The molecule has 128 valence electrons. The summed E-state index contributed by atoms with van der Waals surface area (Å²) < 4.78 is 1.11. The largest absolute Gasteiger partial charge is 0.354 e. The lowest BCUT2D eigenvalue weighted by Crippen LogP contribution is -2.52. The van der Waals surface area contributed by atoms with Crippen LogP contribution in [0.4, 0.5) is 0 Å². The Morgan fingerprint density at radius 2 is 2.21 bits per heavy atom. The minimum atomic E-state index is 0.0674. The Balaban J connectivity index is 1.73. The van der Waals surface area contributed by atoms with Crippen molar-refractivity contribution in [2.45, 2.75) is 44.7 Å². The molecule has 3 unspecified atom stereocenters. The SMILES string of the molecule is CC(C)NC(=O)C1CC2c3cccc4[nH]c(Br)c(c34)CC2N(C)C1. The number of hydrogen-bond donors (Lipinski definition) is 2. The molecule has 1 aliphatic heterocycles. The molecule has 0 saturated carbocycles. The van der Waals surface area contributed by atoms with E-state index in [-0.39, 0.29) is 17.9 Å². The van der Waals surface area contributed by atoms with E-state index in [1.54, 1.807) is 0 Å². The first-order valence-corrected chi connectivity index (χ1v) is 9.54. The van der Waals surface area contributed by atoms with E-state index in [1.807, 2.05) is 13.8 Å². The number of carbonyl (C=O) groups excluding carboxylic acids is 1. The minimum Gasteiger partial charge on any atom is -0.354 e. The number of fused-ring (bicyclic) bond motifs is 2. The summed E-state index contributed by atoms with van der Waals surface area (Å²) in [5.74, 6) is 0.687. The molecule has 5 heteroatoms. The van der Waals surface area contributed by atoms with Gasteiger partial charge in [0.25, 0.3) is 0 Å². The number of likely N-dealkylation sites (N-methyl/N-ethyl adjacent to an activating group) is 1. The summed E-state index contributed by atoms with van der Waals surface area (Å²) in [4.78, 5) is 18.4. The number of amides is 1. The van der Waals surface area contributed by atoms with Gasteiger partial charge >= 0.3 is 0 Å². The van der Waals surface area contributed by atoms with E-state index in [2.05, 4.69) is 56.4 Å². The lowest BCUT2D eigenvalue weighted by atomic mass is 9.72. The molecule has 4 rings (SSSR count). The van der Waals surface area contributed by atoms with Crippen LogP contribution in [0, 0.1) is 5.92 Å². The summed E-state index contributed by atoms with van der Waals surface area (Å²) in [6.07, 6.45) is 1.98. The predicted octanol–water partition coefficient (Wildman–Crippen LogP) is 3.42. The second-order valence-electron chi connectivity index (χ2n) is 7.60. The van der Waals surface area contributed by atoms with Crippen molar-refractivity contribution < 1.29 is 4.79 Å². The molecule has 1 saturated heterocycles. The van der Waals surface area contributed by atoms with Gasteiger partial charge in [-0.05, 0) is 66.9 Å². The van der Waals surface area contributed by atoms with Crippen LogP contribution in [0.25, 0.3) is 10.9 Å². The summed E-state index contributed by atoms with van der Waals surface area (Å²) in [6, 6.07) is 7.19. The Kier molecular flexibility index (Phi) is 3.96. The van der Waals surface area contributed by atoms with Crippen LogP contribution in [0.5, 0.6) is 0 Å². The summed E-state index contributed by atoms with van der Waals surface area (Å²) in [5, 5.41) is 4.46. The third-order valence-electron chi connectivity index (χ3n) is 5.60. The Labute approximate surface area is 151 Å². The third kappa shape index (κ3) is 2.49. The molecular weight excluding hydrogens is 366 g/mol. The number of nitrogens with zero attached hydrogens (tertiary/aromatic N) is 1. The topological polar surface area (TPSA) is 48.1 Å². The number of carbonyl (C=O) groups is 1. The van der Waals surface area contributed by atoms with Gasteiger partial charge in [-0.25, -0.2) is 0 Å². The molecule has 1 aromatic carbocycles. The van der Waals surface area contributed by atoms with Crippen molar-refractivity contribution in [2.75, 3.05) is 13.6 Å². The highest BCUT2D eigenvalue weighted by molar-refractivity contribution is 9.10. The van der Waals surface area contributed by atoms with Gasteiger partial charge in [0.15, 0.2) is 0 Å². The fourth-order valence-electron chi connectivity index (χ4n) is 4.58. The summed E-state index contributed by atoms with van der Waals surface area (Å²) in [6.45, 7) is 4.89. The molecule has 4 nitrogen and oxygen atoms in total. The Morgan fingerprint density at radius 3 is 2.96 bits per heavy atom. The first kappa shape index (κ1) is 16.2. The molecule has 1 amide bonds. The van der Waals surface area contributed by atoms with E-state index in [0.717, 1.165) is 24.0 Å². The molecule has 0 bridgehead atoms. The summed E-state index contributed by atoms with van der Waals surface area (Å²) in [7, 11) is 2.16. The third-order valence-corrected chi connectivity index (χ3v) is 6.28. The molecule has 2 heterocycles. The molecular formula is C19H24BrN3O. The standard InChI is InChI=1S/C19H24BrN3O/c1-10(2)21-19(24)11-7-13-12-5-4-6-15-17(12)14(18(20)22-15)8-16(13)23(3)9-11/h4-6,10-11,13,16,22H,7-9H2,1-3H3,(H,21,24). The number of nitrogens with one attached hydrogen (secondary N) is 2. The first-order valence-electron chi connectivity index (χ1n) is 8.75. The zero-order valence-corrected chi connectivity index (χ0v) is 16.0. The van der Waals surface area contributed by atoms with Crippen molar-refractivity contribution in [1.29, 1.82) is 0 Å². The maximum Gasteiger partial charge on any atom is 0.224 e. The molecule has 2 N–H and O–H groups in total. The van der Waals surface area contributed by atoms with E-state index < -0.39 is 0 Å². The van der Waals surface area contributed by atoms with Gasteiger partial charge < -0.3 is 15.2 Å². The smallest absolute Gasteiger partial charge is 0.224 e. The first-order chi connectivity index (χ1) is 11.5. The van der Waals surface area contributed by atoms with Gasteiger partial charge in [0, 0.05) is 35.4 Å². The van der Waals surface area contributed by atoms with E-state index in [0.29, 0.717) is 12.0 Å². The molecule has 1 aliphatic carbocycles. The van der Waals surface area contributed by atoms with Crippen LogP contribution in [-0.4, -0.2) is 41.5 Å². The maximum atomic E-state index is 12.6. The number of likely N-dealkylation sites (tertiary alicyclic amines) is 1. The van der Waals surface area contributed by atoms with E-state index in [1.165, 1.54) is 22.0 Å². The molecule has 24 heavy (non-hydrogen) atoms. The Hall–Kier alpha value is -1.33. The lowest BCUT2D eigenvalue weighted by molar-refractivity contribution is -0.128. The summed E-state index contributed by atoms with van der Waals surface area (Å²) >= 11 is 3.70. The minimum absolute atomic E-state index is 0.0674. The van der Waals surface area contributed by atoms with E-state index in [4.69, 9.17) is 0 Å². The predicted molar refractivity (Wildman–Crippen MR) is 100 cm³/mol. The van der Waals surface area contributed by atoms with Crippen LogP contribution in [0.3, 0.4) is 0 Å². The van der Waals surface area contributed by atoms with E-state index >= 15 is 0 Å². The van der Waals surface area contributed by atoms with Crippen molar-refractivity contribution >= 4 is 32.7 Å². The van der Waals surface area contributed by atoms with Crippen molar-refractivity contribution in [3.8, 4) is 0 Å². The Morgan fingerprint density at radius 1 is 1.42 bits per heavy atom. The molecule has 2 aromatic rings. The van der Waals surface area contributed by atoms with E-state index in [9.17, 15) is 4.79 Å². The van der Waals surface area contributed by atoms with Crippen molar-refractivity contribution in [1.82, 2.24) is 15.2 Å². The molecule has 0 spiro atoms. The number of aromatic amines is 1. The van der Waals surface area contributed by atoms with Crippen molar-refractivity contribution in [3.05, 3.63) is 33.9 Å². The molecule has 1 fully saturated rings. The number of rotatable bonds is 2. The monoisotopic (exact) mass is 389 g/mol. The quantitative estimate of drug-likeness (QED) is 0.826. The average Bonchev–Trinajstić information content (AvgIpc) is 2.85. The molecule has 3 atom stereocenters. The second-order valence-corrected chi connectivity index (χ2v) is 8.39. The normalized spacial score (nSPS) is 26.6. The van der Waals surface area contributed by atoms with Crippen molar-refractivity contribution in [3.63, 3.8) is 0 Å². The van der Waals surface area contributed by atoms with Crippen LogP contribution in [-0.2, 0) is 11.2 Å². The van der Waals surface area contributed by atoms with Gasteiger partial charge in [0.2, 0.25) is 5.91 Å². The number of halogens is 1. The van der Waals surface area contributed by atoms with Gasteiger partial charge in [-0.3, -0.25) is 4.79 Å². The number of aromatic nitrogens is 1. The molecule has 1 aromatic heterocycles. The highest BCUT2D eigenvalue weighted by atomic mass is 79.9. The van der Waals surface area contributed by atoms with Gasteiger partial charge in [-0.2, -0.15) is 0 Å². The zero-order chi connectivity index (χ0) is 17.0. The van der Waals surface area contributed by atoms with Gasteiger partial charge in [-0.1, -0.05) is 12.1 Å². The molecule has 0 radical (unpaired) electrons. The number of hydrogen-bond acceptors (Lipinski definition) is 2. The van der Waals surface area contributed by atoms with Gasteiger partial charge in [0.05, 0.1) is 10.5 Å². The fourth-order valence-corrected chi connectivity index (χ4v) is 5.15. The lowest BCUT2D eigenvalue weighted by Gasteiger charge is -2.45. The fraction of sp³-hybridized carbons (Fsp3) is 0.526. The Bertz CT molecular complexity index is 797. The van der Waals surface area contributed by atoms with Gasteiger partial charge in [-0.15, -0.1) is 0 Å². The number of benzene rings is 1. The zero-order valence-electron chi connectivity index (χ0n) is 14.4. The average molecular weight is 390 g/mol. The van der Waals surface area contributed by atoms with Gasteiger partial charge in [0.1, 0.15) is 0 Å². The van der Waals surface area contributed by atoms with Crippen LogP contribution in [0.15, 0.2) is 22.8 Å². The van der Waals surface area contributed by atoms with Crippen LogP contribution < -0.4 is 5.32 Å². The maximum absolute atomic E-state index is 12.6. The van der Waals surface area contributed by atoms with Crippen LogP contribution in [0.2, 0.25) is 0 Å². The number of H-pyrrole nitrogens is 1. The number of piperidine rings is 1. The molecule has 2 aliphatic rings. The second kappa shape index (κ2) is 5.88. The van der Waals surface area contributed by atoms with Crippen LogP contribution in [0.1, 0.15) is 37.3 Å². The van der Waals surface area contributed by atoms with Crippen LogP contribution >= 0.6 is 15.9 Å². The highest BCUT2D eigenvalue weighted by Crippen LogP contribution is 2.46. The van der Waals surface area contributed by atoms with Crippen molar-refractivity contribution in [2.24, 2.45) is 5.92 Å². The highest BCUT2D eigenvalue weighted by Gasteiger charge is 2.42. The summed E-state index contributed by atoms with van der Waals surface area (Å²) in [5.41, 5.74) is 3.98.